The van der Waals surface area contributed by atoms with Crippen LogP contribution < -0.4 is 9.50 Å². The molecule has 1 unspecified atom stereocenters. The number of rotatable bonds is 21. The molecule has 0 amide bonds. The number of aliphatic hydroxyl groups is 2. The van der Waals surface area contributed by atoms with Crippen molar-refractivity contribution in [3.05, 3.63) is 87.9 Å². The first-order valence-corrected chi connectivity index (χ1v) is 20.6. The standard InChI is InChI=1S/C36H48BrNO8S2/c37-31-16-18-33(19-17-31)48(43,44)46-36-20-15-29(25-30(36)27-39)35(40)26-38-21-6-1-2-7-22-45-23-8-5-10-28-11-9-14-34(24-28)47(41,42)32-12-3-4-13-32/h9,11,14-20,24-25,32,35,38-40H,1-8,10,12-13,21-23,26-27H2. The summed E-state index contributed by atoms with van der Waals surface area (Å²) in [6.07, 6.45) is 9.52. The molecule has 3 N–H and O–H groups in total. The van der Waals surface area contributed by atoms with E-state index in [4.69, 9.17) is 8.92 Å². The monoisotopic (exact) mass is 765 g/mol. The first kappa shape index (κ1) is 38.5. The first-order valence-electron chi connectivity index (χ1n) is 16.8. The summed E-state index contributed by atoms with van der Waals surface area (Å²) in [6, 6.07) is 18.1. The molecule has 0 radical (unpaired) electrons. The van der Waals surface area contributed by atoms with E-state index in [2.05, 4.69) is 21.2 Å². The number of unbranched alkanes of at least 4 members (excludes halogenated alkanes) is 4. The second-order valence-corrected chi connectivity index (χ2v) is 17.0. The van der Waals surface area contributed by atoms with E-state index in [1.807, 2.05) is 18.2 Å². The van der Waals surface area contributed by atoms with Gasteiger partial charge in [0.1, 0.15) is 10.6 Å². The normalized spacial score (nSPS) is 14.7. The van der Waals surface area contributed by atoms with Crippen LogP contribution in [0.3, 0.4) is 0 Å². The van der Waals surface area contributed by atoms with Crippen LogP contribution in [-0.4, -0.2) is 58.6 Å². The van der Waals surface area contributed by atoms with Crippen molar-refractivity contribution in [3.8, 4) is 5.75 Å². The summed E-state index contributed by atoms with van der Waals surface area (Å²) in [5, 5.41) is 23.5. The molecule has 48 heavy (non-hydrogen) atoms. The Balaban J connectivity index is 1.04. The zero-order valence-electron chi connectivity index (χ0n) is 27.4. The van der Waals surface area contributed by atoms with Gasteiger partial charge in [-0.1, -0.05) is 59.8 Å². The Morgan fingerprint density at radius 2 is 1.54 bits per heavy atom. The van der Waals surface area contributed by atoms with Crippen LogP contribution in [0.1, 0.15) is 87.0 Å². The van der Waals surface area contributed by atoms with Crippen LogP contribution in [0.2, 0.25) is 0 Å². The smallest absolute Gasteiger partial charge is 0.339 e. The van der Waals surface area contributed by atoms with Crippen molar-refractivity contribution in [3.63, 3.8) is 0 Å². The molecule has 0 heterocycles. The minimum Gasteiger partial charge on any atom is -0.392 e. The average Bonchev–Trinajstić information content (AvgIpc) is 3.63. The van der Waals surface area contributed by atoms with Crippen LogP contribution in [0.4, 0.5) is 0 Å². The molecule has 1 aliphatic rings. The van der Waals surface area contributed by atoms with Gasteiger partial charge < -0.3 is 24.4 Å². The molecule has 1 fully saturated rings. The van der Waals surface area contributed by atoms with E-state index in [9.17, 15) is 27.0 Å². The molecule has 12 heteroatoms. The van der Waals surface area contributed by atoms with Crippen LogP contribution in [0.25, 0.3) is 0 Å². The van der Waals surface area contributed by atoms with Crippen LogP contribution >= 0.6 is 15.9 Å². The highest BCUT2D eigenvalue weighted by molar-refractivity contribution is 9.10. The highest BCUT2D eigenvalue weighted by atomic mass is 79.9. The summed E-state index contributed by atoms with van der Waals surface area (Å²) < 4.78 is 62.9. The van der Waals surface area contributed by atoms with Gasteiger partial charge in [-0.15, -0.1) is 0 Å². The molecule has 9 nitrogen and oxygen atoms in total. The van der Waals surface area contributed by atoms with Gasteiger partial charge in [0, 0.05) is 29.8 Å². The quantitative estimate of drug-likeness (QED) is 0.0804. The minimum absolute atomic E-state index is 0.00340. The van der Waals surface area contributed by atoms with E-state index in [0.29, 0.717) is 23.6 Å². The number of ether oxygens (including phenoxy) is 1. The predicted molar refractivity (Wildman–Crippen MR) is 190 cm³/mol. The fourth-order valence-corrected chi connectivity index (χ4v) is 9.00. The Hall–Kier alpha value is -2.32. The molecule has 0 aliphatic heterocycles. The number of nitrogens with one attached hydrogen (secondary N) is 1. The van der Waals surface area contributed by atoms with Crippen LogP contribution in [0.15, 0.2) is 81.0 Å². The van der Waals surface area contributed by atoms with E-state index < -0.39 is 32.7 Å². The van der Waals surface area contributed by atoms with Gasteiger partial charge >= 0.3 is 10.1 Å². The predicted octanol–water partition coefficient (Wildman–Crippen LogP) is 6.65. The fraction of sp³-hybridized carbons (Fsp3) is 0.500. The molecule has 3 aromatic carbocycles. The second kappa shape index (κ2) is 19.2. The Kier molecular flexibility index (Phi) is 15.4. The van der Waals surface area contributed by atoms with Crippen molar-refractivity contribution < 1.29 is 36.0 Å². The maximum atomic E-state index is 12.9. The average molecular weight is 767 g/mol. The summed E-state index contributed by atoms with van der Waals surface area (Å²) in [7, 11) is -7.29. The van der Waals surface area contributed by atoms with Gasteiger partial charge in [-0.3, -0.25) is 0 Å². The third-order valence-electron chi connectivity index (χ3n) is 8.64. The molecule has 1 saturated carbocycles. The van der Waals surface area contributed by atoms with Gasteiger partial charge in [-0.05, 0) is 111 Å². The summed E-state index contributed by atoms with van der Waals surface area (Å²) >= 11 is 3.27. The summed E-state index contributed by atoms with van der Waals surface area (Å²) in [6.45, 7) is 2.06. The highest BCUT2D eigenvalue weighted by Crippen LogP contribution is 2.30. The van der Waals surface area contributed by atoms with Crippen molar-refractivity contribution in [2.24, 2.45) is 0 Å². The molecule has 0 spiro atoms. The van der Waals surface area contributed by atoms with Crippen LogP contribution in [-0.2, 0) is 37.7 Å². The Morgan fingerprint density at radius 1 is 0.833 bits per heavy atom. The van der Waals surface area contributed by atoms with Crippen molar-refractivity contribution in [1.29, 1.82) is 0 Å². The lowest BCUT2D eigenvalue weighted by Crippen LogP contribution is -2.22. The van der Waals surface area contributed by atoms with Gasteiger partial charge in [0.15, 0.2) is 9.84 Å². The molecule has 264 valence electrons. The number of aryl methyl sites for hydroxylation is 1. The first-order chi connectivity index (χ1) is 23.1. The molecular weight excluding hydrogens is 718 g/mol. The van der Waals surface area contributed by atoms with E-state index in [0.717, 1.165) is 93.8 Å². The van der Waals surface area contributed by atoms with Crippen molar-refractivity contribution in [1.82, 2.24) is 5.32 Å². The van der Waals surface area contributed by atoms with E-state index in [-0.39, 0.29) is 21.5 Å². The fourth-order valence-electron chi connectivity index (χ4n) is 5.85. The minimum atomic E-state index is -4.08. The molecule has 4 rings (SSSR count). The van der Waals surface area contributed by atoms with Gasteiger partial charge in [0.05, 0.1) is 22.9 Å². The highest BCUT2D eigenvalue weighted by Gasteiger charge is 2.30. The van der Waals surface area contributed by atoms with Gasteiger partial charge in [-0.25, -0.2) is 8.42 Å². The maximum absolute atomic E-state index is 12.9. The van der Waals surface area contributed by atoms with E-state index in [1.165, 1.54) is 18.2 Å². The maximum Gasteiger partial charge on any atom is 0.339 e. The summed E-state index contributed by atoms with van der Waals surface area (Å²) in [5.74, 6) is 0.0167. The number of halogens is 1. The Labute approximate surface area is 294 Å². The molecule has 0 bridgehead atoms. The van der Waals surface area contributed by atoms with Crippen molar-refractivity contribution >= 4 is 35.9 Å². The van der Waals surface area contributed by atoms with E-state index in [1.54, 1.807) is 30.3 Å². The molecule has 1 atom stereocenters. The molecule has 0 saturated heterocycles. The van der Waals surface area contributed by atoms with Gasteiger partial charge in [0.25, 0.3) is 0 Å². The zero-order valence-corrected chi connectivity index (χ0v) is 30.6. The van der Waals surface area contributed by atoms with Crippen molar-refractivity contribution in [2.45, 2.75) is 98.4 Å². The molecule has 1 aliphatic carbocycles. The van der Waals surface area contributed by atoms with E-state index >= 15 is 0 Å². The Bertz CT molecular complexity index is 1640. The lowest BCUT2D eigenvalue weighted by Gasteiger charge is -2.16. The number of aliphatic hydroxyl groups excluding tert-OH is 2. The summed E-state index contributed by atoms with van der Waals surface area (Å²) in [5.41, 5.74) is 1.89. The lowest BCUT2D eigenvalue weighted by molar-refractivity contribution is 0.126. The number of hydrogen-bond donors (Lipinski definition) is 3. The third-order valence-corrected chi connectivity index (χ3v) is 12.7. The molecular formula is C36H48BrNO8S2. The lowest BCUT2D eigenvalue weighted by atomic mass is 10.1. The number of sulfone groups is 1. The largest absolute Gasteiger partial charge is 0.392 e. The van der Waals surface area contributed by atoms with Gasteiger partial charge in [0.2, 0.25) is 0 Å². The number of benzene rings is 3. The van der Waals surface area contributed by atoms with Crippen LogP contribution in [0.5, 0.6) is 5.75 Å². The molecule has 3 aromatic rings. The van der Waals surface area contributed by atoms with Gasteiger partial charge in [-0.2, -0.15) is 8.42 Å². The number of hydrogen-bond acceptors (Lipinski definition) is 9. The zero-order chi connectivity index (χ0) is 34.4. The van der Waals surface area contributed by atoms with Crippen LogP contribution in [0, 0.1) is 0 Å². The third kappa shape index (κ3) is 11.6. The topological polar surface area (TPSA) is 139 Å². The SMILES string of the molecule is O=S(=O)(Oc1ccc(C(O)CNCCCCCCOCCCCc2cccc(S(=O)(=O)C3CCCC3)c2)cc1CO)c1ccc(Br)cc1. The second-order valence-electron chi connectivity index (χ2n) is 12.3. The Morgan fingerprint density at radius 3 is 2.27 bits per heavy atom. The molecule has 0 aromatic heterocycles. The van der Waals surface area contributed by atoms with Crippen molar-refractivity contribution in [2.75, 3.05) is 26.3 Å². The summed E-state index contributed by atoms with van der Waals surface area (Å²) in [4.78, 5) is 0.466.